The summed E-state index contributed by atoms with van der Waals surface area (Å²) in [5, 5.41) is 3.58. The van der Waals surface area contributed by atoms with Gasteiger partial charge in [0, 0.05) is 5.38 Å². The zero-order valence-corrected chi connectivity index (χ0v) is 9.69. The van der Waals surface area contributed by atoms with Gasteiger partial charge in [0.15, 0.2) is 10.3 Å². The van der Waals surface area contributed by atoms with Gasteiger partial charge in [-0.05, 0) is 6.26 Å². The average Bonchev–Trinajstić information content (AvgIpc) is 2.48. The molecule has 13 heavy (non-hydrogen) atoms. The highest BCUT2D eigenvalue weighted by molar-refractivity contribution is 7.98. The van der Waals surface area contributed by atoms with E-state index < -0.39 is 0 Å². The van der Waals surface area contributed by atoms with E-state index in [1.54, 1.807) is 0 Å². The molecule has 0 aliphatic heterocycles. The molecular weight excluding hydrogens is 247 g/mol. The molecule has 0 saturated heterocycles. The lowest BCUT2D eigenvalue weighted by Gasteiger charge is -1.96. The molecular formula is C7H4Cl2N2S2. The Hall–Kier alpha value is -0.0300. The second-order valence-electron chi connectivity index (χ2n) is 2.26. The number of thiophene rings is 1. The Morgan fingerprint density at radius 3 is 2.85 bits per heavy atom. The summed E-state index contributed by atoms with van der Waals surface area (Å²) in [5.41, 5.74) is 0.746. The van der Waals surface area contributed by atoms with E-state index in [0.29, 0.717) is 15.3 Å². The monoisotopic (exact) mass is 250 g/mol. The van der Waals surface area contributed by atoms with Crippen molar-refractivity contribution in [1.29, 1.82) is 0 Å². The van der Waals surface area contributed by atoms with Gasteiger partial charge in [-0.1, -0.05) is 35.0 Å². The van der Waals surface area contributed by atoms with Gasteiger partial charge >= 0.3 is 0 Å². The lowest BCUT2D eigenvalue weighted by molar-refractivity contribution is 1.01. The van der Waals surface area contributed by atoms with Crippen LogP contribution in [0, 0.1) is 0 Å². The van der Waals surface area contributed by atoms with E-state index in [2.05, 4.69) is 9.97 Å². The number of fused-ring (bicyclic) bond motifs is 1. The summed E-state index contributed by atoms with van der Waals surface area (Å²) in [7, 11) is 0. The van der Waals surface area contributed by atoms with Gasteiger partial charge in [0.25, 0.3) is 0 Å². The normalized spacial score (nSPS) is 11.0. The van der Waals surface area contributed by atoms with Crippen LogP contribution in [0.2, 0.25) is 10.2 Å². The molecule has 0 aromatic carbocycles. The number of nitrogens with zero attached hydrogens (tertiary/aromatic N) is 2. The van der Waals surface area contributed by atoms with Crippen molar-refractivity contribution in [3.8, 4) is 0 Å². The first-order chi connectivity index (χ1) is 6.22. The fourth-order valence-electron chi connectivity index (χ4n) is 0.928. The van der Waals surface area contributed by atoms with Crippen LogP contribution in [0.3, 0.4) is 0 Å². The van der Waals surface area contributed by atoms with Gasteiger partial charge < -0.3 is 0 Å². The van der Waals surface area contributed by atoms with Gasteiger partial charge in [-0.15, -0.1) is 11.3 Å². The van der Waals surface area contributed by atoms with E-state index in [9.17, 15) is 0 Å². The molecule has 0 radical (unpaired) electrons. The molecule has 0 unspecified atom stereocenters. The van der Waals surface area contributed by atoms with Gasteiger partial charge in [0.2, 0.25) is 0 Å². The Kier molecular flexibility index (Phi) is 2.65. The standard InChI is InChI=1S/C7H4Cl2N2S2/c1-12-7-10-4-3(8)2-13-5(4)6(9)11-7/h2H,1H3. The van der Waals surface area contributed by atoms with Crippen LogP contribution < -0.4 is 0 Å². The second kappa shape index (κ2) is 3.61. The zero-order valence-electron chi connectivity index (χ0n) is 6.54. The summed E-state index contributed by atoms with van der Waals surface area (Å²) in [5.74, 6) is 0. The molecule has 0 spiro atoms. The first-order valence-corrected chi connectivity index (χ1v) is 6.22. The van der Waals surface area contributed by atoms with Crippen LogP contribution in [-0.2, 0) is 0 Å². The summed E-state index contributed by atoms with van der Waals surface area (Å²) in [6.07, 6.45) is 1.90. The smallest absolute Gasteiger partial charge is 0.189 e. The maximum absolute atomic E-state index is 5.94. The van der Waals surface area contributed by atoms with E-state index >= 15 is 0 Å². The van der Waals surface area contributed by atoms with Gasteiger partial charge in [-0.25, -0.2) is 9.97 Å². The number of hydrogen-bond donors (Lipinski definition) is 0. The van der Waals surface area contributed by atoms with Crippen LogP contribution in [0.25, 0.3) is 10.2 Å². The third kappa shape index (κ3) is 1.64. The molecule has 68 valence electrons. The number of thioether (sulfide) groups is 1. The summed E-state index contributed by atoms with van der Waals surface area (Å²) in [4.78, 5) is 8.36. The Bertz CT molecular complexity index is 455. The minimum atomic E-state index is 0.478. The highest BCUT2D eigenvalue weighted by Crippen LogP contribution is 2.33. The molecule has 2 heterocycles. The third-order valence-corrected chi connectivity index (χ3v) is 3.82. The number of rotatable bonds is 1. The topological polar surface area (TPSA) is 25.8 Å². The molecule has 2 aromatic rings. The van der Waals surface area contributed by atoms with Crippen LogP contribution in [0.1, 0.15) is 0 Å². The molecule has 2 rings (SSSR count). The third-order valence-electron chi connectivity index (χ3n) is 1.49. The first kappa shape index (κ1) is 9.52. The lowest BCUT2D eigenvalue weighted by Crippen LogP contribution is -1.86. The summed E-state index contributed by atoms with van der Waals surface area (Å²) >= 11 is 14.8. The average molecular weight is 251 g/mol. The molecule has 0 aliphatic rings. The molecule has 2 nitrogen and oxygen atoms in total. The van der Waals surface area contributed by atoms with Crippen LogP contribution in [-0.4, -0.2) is 16.2 Å². The molecule has 0 amide bonds. The largest absolute Gasteiger partial charge is 0.220 e. The predicted octanol–water partition coefficient (Wildman–Crippen LogP) is 3.72. The van der Waals surface area contributed by atoms with Crippen LogP contribution >= 0.6 is 46.3 Å². The molecule has 0 bridgehead atoms. The molecule has 6 heteroatoms. The summed E-state index contributed by atoms with van der Waals surface area (Å²) < 4.78 is 0.851. The van der Waals surface area contributed by atoms with Crippen molar-refractivity contribution in [3.63, 3.8) is 0 Å². The van der Waals surface area contributed by atoms with Crippen molar-refractivity contribution in [3.05, 3.63) is 15.6 Å². The first-order valence-electron chi connectivity index (χ1n) is 3.36. The summed E-state index contributed by atoms with van der Waals surface area (Å²) in [6.45, 7) is 0. The predicted molar refractivity (Wildman–Crippen MR) is 59.2 cm³/mol. The van der Waals surface area contributed by atoms with Crippen molar-refractivity contribution in [1.82, 2.24) is 9.97 Å². The molecule has 2 aromatic heterocycles. The van der Waals surface area contributed by atoms with Crippen molar-refractivity contribution in [2.75, 3.05) is 6.26 Å². The quantitative estimate of drug-likeness (QED) is 0.439. The molecule has 0 atom stereocenters. The minimum absolute atomic E-state index is 0.478. The van der Waals surface area contributed by atoms with Crippen molar-refractivity contribution < 1.29 is 0 Å². The van der Waals surface area contributed by atoms with Crippen molar-refractivity contribution in [2.45, 2.75) is 5.16 Å². The van der Waals surface area contributed by atoms with E-state index in [-0.39, 0.29) is 0 Å². The van der Waals surface area contributed by atoms with Gasteiger partial charge in [-0.3, -0.25) is 0 Å². The van der Waals surface area contributed by atoms with Crippen LogP contribution in [0.4, 0.5) is 0 Å². The summed E-state index contributed by atoms with van der Waals surface area (Å²) in [6, 6.07) is 0. The Morgan fingerprint density at radius 2 is 2.15 bits per heavy atom. The SMILES string of the molecule is CSc1nc(Cl)c2scc(Cl)c2n1. The maximum atomic E-state index is 5.94. The fourth-order valence-corrected chi connectivity index (χ4v) is 2.72. The van der Waals surface area contributed by atoms with Gasteiger partial charge in [0.05, 0.1) is 9.72 Å². The van der Waals surface area contributed by atoms with E-state index in [1.165, 1.54) is 23.1 Å². The van der Waals surface area contributed by atoms with E-state index in [0.717, 1.165) is 10.2 Å². The highest BCUT2D eigenvalue weighted by atomic mass is 35.5. The Morgan fingerprint density at radius 1 is 1.38 bits per heavy atom. The van der Waals surface area contributed by atoms with Gasteiger partial charge in [0.1, 0.15) is 5.52 Å². The number of hydrogen-bond acceptors (Lipinski definition) is 4. The fraction of sp³-hybridized carbons (Fsp3) is 0.143. The molecule has 0 aliphatic carbocycles. The lowest BCUT2D eigenvalue weighted by atomic mass is 10.5. The van der Waals surface area contributed by atoms with Crippen molar-refractivity contribution >= 4 is 56.5 Å². The number of halogens is 2. The molecule has 0 saturated carbocycles. The zero-order chi connectivity index (χ0) is 9.42. The van der Waals surface area contributed by atoms with E-state index in [4.69, 9.17) is 23.2 Å². The maximum Gasteiger partial charge on any atom is 0.189 e. The van der Waals surface area contributed by atoms with Crippen molar-refractivity contribution in [2.24, 2.45) is 0 Å². The van der Waals surface area contributed by atoms with Crippen LogP contribution in [0.15, 0.2) is 10.5 Å². The Balaban J connectivity index is 2.80. The molecule has 0 fully saturated rings. The highest BCUT2D eigenvalue weighted by Gasteiger charge is 2.10. The van der Waals surface area contributed by atoms with Gasteiger partial charge in [-0.2, -0.15) is 0 Å². The minimum Gasteiger partial charge on any atom is -0.220 e. The number of aromatic nitrogens is 2. The molecule has 0 N–H and O–H groups in total. The van der Waals surface area contributed by atoms with E-state index in [1.807, 2.05) is 11.6 Å². The Labute approximate surface area is 93.3 Å². The van der Waals surface area contributed by atoms with Crippen LogP contribution in [0.5, 0.6) is 0 Å². The second-order valence-corrected chi connectivity index (χ2v) is 4.68.